The Balaban J connectivity index is 2.96. The molecule has 0 amide bonds. The minimum Gasteiger partial charge on any atom is -0.395 e. The van der Waals surface area contributed by atoms with Gasteiger partial charge in [0, 0.05) is 16.6 Å². The second kappa shape index (κ2) is 6.66. The van der Waals surface area contributed by atoms with Gasteiger partial charge in [0.05, 0.1) is 18.8 Å². The Morgan fingerprint density at radius 2 is 2.18 bits per heavy atom. The third kappa shape index (κ3) is 4.05. The number of carbonyl (C=O) groups excluding carboxylic acids is 1. The number of rotatable bonds is 6. The minimum absolute atomic E-state index is 0.114. The van der Waals surface area contributed by atoms with Crippen LogP contribution in [0.3, 0.4) is 0 Å². The van der Waals surface area contributed by atoms with Crippen molar-refractivity contribution in [3.63, 3.8) is 0 Å². The summed E-state index contributed by atoms with van der Waals surface area (Å²) < 4.78 is 25.3. The summed E-state index contributed by atoms with van der Waals surface area (Å²) in [4.78, 5) is 11.9. The topological polar surface area (TPSA) is 40.5 Å². The first-order valence-electron chi connectivity index (χ1n) is 4.97. The van der Waals surface area contributed by atoms with Crippen molar-refractivity contribution in [1.29, 1.82) is 0 Å². The van der Waals surface area contributed by atoms with Gasteiger partial charge in [0.25, 0.3) is 6.43 Å². The van der Waals surface area contributed by atoms with Gasteiger partial charge in [0.15, 0.2) is 0 Å². The molecule has 3 nitrogen and oxygen atoms in total. The number of hydrogen-bond acceptors (Lipinski definition) is 3. The quantitative estimate of drug-likeness (QED) is 0.820. The van der Waals surface area contributed by atoms with Gasteiger partial charge >= 0.3 is 0 Å². The zero-order valence-electron chi connectivity index (χ0n) is 8.94. The van der Waals surface area contributed by atoms with Crippen LogP contribution in [-0.2, 0) is 0 Å². The molecule has 0 atom stereocenters. The number of anilines is 1. The Hall–Kier alpha value is -1.01. The van der Waals surface area contributed by atoms with Crippen molar-refractivity contribution >= 4 is 27.9 Å². The number of benzene rings is 1. The molecule has 0 aliphatic carbocycles. The highest BCUT2D eigenvalue weighted by molar-refractivity contribution is 9.10. The van der Waals surface area contributed by atoms with E-state index in [1.54, 1.807) is 18.2 Å². The van der Waals surface area contributed by atoms with Crippen molar-refractivity contribution < 1.29 is 18.7 Å². The molecule has 17 heavy (non-hydrogen) atoms. The molecule has 0 aliphatic heterocycles. The van der Waals surface area contributed by atoms with Crippen LogP contribution in [0.4, 0.5) is 14.5 Å². The van der Waals surface area contributed by atoms with Crippen LogP contribution in [0.5, 0.6) is 0 Å². The van der Waals surface area contributed by atoms with E-state index in [1.165, 1.54) is 4.90 Å². The molecule has 94 valence electrons. The molecule has 0 aliphatic rings. The van der Waals surface area contributed by atoms with Crippen molar-refractivity contribution in [3.05, 3.63) is 28.2 Å². The van der Waals surface area contributed by atoms with Gasteiger partial charge in [-0.3, -0.25) is 4.79 Å². The second-order valence-electron chi connectivity index (χ2n) is 3.39. The molecule has 0 heterocycles. The average molecular weight is 308 g/mol. The summed E-state index contributed by atoms with van der Waals surface area (Å²) >= 11 is 3.22. The molecular formula is C11H12BrF2NO2. The summed E-state index contributed by atoms with van der Waals surface area (Å²) in [5.41, 5.74) is 0.992. The maximum absolute atomic E-state index is 12.4. The fourth-order valence-electron chi connectivity index (χ4n) is 1.45. The van der Waals surface area contributed by atoms with Crippen LogP contribution in [0, 0.1) is 0 Å². The molecule has 0 saturated carbocycles. The van der Waals surface area contributed by atoms with Crippen LogP contribution in [0.2, 0.25) is 0 Å². The van der Waals surface area contributed by atoms with E-state index in [4.69, 9.17) is 5.11 Å². The highest BCUT2D eigenvalue weighted by Crippen LogP contribution is 2.27. The predicted octanol–water partition coefficient (Wildman–Crippen LogP) is 2.33. The van der Waals surface area contributed by atoms with Gasteiger partial charge in [-0.1, -0.05) is 0 Å². The molecule has 0 bridgehead atoms. The maximum atomic E-state index is 12.4. The Morgan fingerprint density at radius 3 is 2.65 bits per heavy atom. The number of aldehydes is 1. The highest BCUT2D eigenvalue weighted by Gasteiger charge is 2.15. The van der Waals surface area contributed by atoms with E-state index in [2.05, 4.69) is 15.9 Å². The lowest BCUT2D eigenvalue weighted by Crippen LogP contribution is -2.31. The fraction of sp³-hybridized carbons (Fsp3) is 0.364. The Morgan fingerprint density at radius 1 is 1.47 bits per heavy atom. The summed E-state index contributed by atoms with van der Waals surface area (Å²) in [7, 11) is 0. The largest absolute Gasteiger partial charge is 0.395 e. The molecule has 6 heteroatoms. The van der Waals surface area contributed by atoms with Crippen molar-refractivity contribution in [2.45, 2.75) is 6.43 Å². The van der Waals surface area contributed by atoms with Gasteiger partial charge in [-0.25, -0.2) is 8.78 Å². The van der Waals surface area contributed by atoms with Crippen LogP contribution in [-0.4, -0.2) is 37.5 Å². The predicted molar refractivity (Wildman–Crippen MR) is 64.8 cm³/mol. The van der Waals surface area contributed by atoms with E-state index >= 15 is 0 Å². The molecule has 0 unspecified atom stereocenters. The molecule has 1 rings (SSSR count). The number of alkyl halides is 2. The highest BCUT2D eigenvalue weighted by atomic mass is 79.9. The van der Waals surface area contributed by atoms with E-state index < -0.39 is 13.0 Å². The number of halogens is 3. The average Bonchev–Trinajstić information content (AvgIpc) is 2.27. The van der Waals surface area contributed by atoms with Crippen molar-refractivity contribution in [2.24, 2.45) is 0 Å². The summed E-state index contributed by atoms with van der Waals surface area (Å²) in [6, 6.07) is 4.67. The standard InChI is InChI=1S/C11H12BrF2NO2/c12-9-5-8(7-17)1-2-10(9)15(3-4-16)6-11(13)14/h1-2,5,7,11,16H,3-4,6H2. The minimum atomic E-state index is -2.49. The third-order valence-corrected chi connectivity index (χ3v) is 2.81. The molecule has 0 saturated heterocycles. The molecular weight excluding hydrogens is 296 g/mol. The number of hydrogen-bond donors (Lipinski definition) is 1. The van der Waals surface area contributed by atoms with Crippen molar-refractivity contribution in [2.75, 3.05) is 24.6 Å². The molecule has 0 fully saturated rings. The number of aliphatic hydroxyl groups is 1. The van der Waals surface area contributed by atoms with E-state index in [9.17, 15) is 13.6 Å². The molecule has 1 aromatic carbocycles. The Bertz CT molecular complexity index is 388. The summed E-state index contributed by atoms with van der Waals surface area (Å²) in [5, 5.41) is 8.84. The lowest BCUT2D eigenvalue weighted by Gasteiger charge is -2.24. The van der Waals surface area contributed by atoms with Crippen LogP contribution in [0.25, 0.3) is 0 Å². The lowest BCUT2D eigenvalue weighted by molar-refractivity contribution is 0.112. The van der Waals surface area contributed by atoms with Crippen LogP contribution in [0.1, 0.15) is 10.4 Å². The van der Waals surface area contributed by atoms with E-state index in [-0.39, 0.29) is 13.2 Å². The van der Waals surface area contributed by atoms with E-state index in [0.29, 0.717) is 22.0 Å². The Kier molecular flexibility index (Phi) is 5.50. The van der Waals surface area contributed by atoms with Crippen LogP contribution < -0.4 is 4.90 Å². The zero-order valence-corrected chi connectivity index (χ0v) is 10.5. The van der Waals surface area contributed by atoms with E-state index in [1.807, 2.05) is 0 Å². The van der Waals surface area contributed by atoms with Crippen LogP contribution in [0.15, 0.2) is 22.7 Å². The van der Waals surface area contributed by atoms with Gasteiger partial charge < -0.3 is 10.0 Å². The summed E-state index contributed by atoms with van der Waals surface area (Å²) in [6.07, 6.45) is -1.81. The molecule has 0 aromatic heterocycles. The molecule has 1 N–H and O–H groups in total. The molecule has 1 aromatic rings. The normalized spacial score (nSPS) is 10.6. The first-order chi connectivity index (χ1) is 8.08. The zero-order chi connectivity index (χ0) is 12.8. The summed E-state index contributed by atoms with van der Waals surface area (Å²) in [5.74, 6) is 0. The molecule has 0 radical (unpaired) electrons. The van der Waals surface area contributed by atoms with Gasteiger partial charge in [-0.2, -0.15) is 0 Å². The number of aliphatic hydroxyl groups excluding tert-OH is 1. The van der Waals surface area contributed by atoms with Gasteiger partial charge in [-0.05, 0) is 34.1 Å². The smallest absolute Gasteiger partial charge is 0.255 e. The van der Waals surface area contributed by atoms with Crippen molar-refractivity contribution in [1.82, 2.24) is 0 Å². The first kappa shape index (κ1) is 14.1. The third-order valence-electron chi connectivity index (χ3n) is 2.18. The van der Waals surface area contributed by atoms with Gasteiger partial charge in [0.1, 0.15) is 6.29 Å². The lowest BCUT2D eigenvalue weighted by atomic mass is 10.2. The monoisotopic (exact) mass is 307 g/mol. The number of nitrogens with zero attached hydrogens (tertiary/aromatic N) is 1. The number of carbonyl (C=O) groups is 1. The van der Waals surface area contributed by atoms with Crippen LogP contribution >= 0.6 is 15.9 Å². The second-order valence-corrected chi connectivity index (χ2v) is 4.24. The van der Waals surface area contributed by atoms with Gasteiger partial charge in [-0.15, -0.1) is 0 Å². The molecule has 0 spiro atoms. The van der Waals surface area contributed by atoms with E-state index in [0.717, 1.165) is 0 Å². The Labute approximate surface area is 106 Å². The van der Waals surface area contributed by atoms with Crippen molar-refractivity contribution in [3.8, 4) is 0 Å². The summed E-state index contributed by atoms with van der Waals surface area (Å²) in [6.45, 7) is -0.558. The SMILES string of the molecule is O=Cc1ccc(N(CCO)CC(F)F)c(Br)c1. The first-order valence-corrected chi connectivity index (χ1v) is 5.76. The fourth-order valence-corrected chi connectivity index (χ4v) is 2.10. The maximum Gasteiger partial charge on any atom is 0.255 e. The van der Waals surface area contributed by atoms with Gasteiger partial charge in [0.2, 0.25) is 0 Å².